The minimum atomic E-state index is -0.494. The lowest BCUT2D eigenvalue weighted by atomic mass is 9.84. The van der Waals surface area contributed by atoms with Crippen molar-refractivity contribution in [1.82, 2.24) is 9.88 Å². The third-order valence-corrected chi connectivity index (χ3v) is 5.73. The van der Waals surface area contributed by atoms with Crippen LogP contribution in [0.1, 0.15) is 63.7 Å². The molecule has 0 spiro atoms. The molecule has 1 saturated heterocycles. The molecule has 1 aliphatic rings. The lowest BCUT2D eigenvalue weighted by Crippen LogP contribution is -2.47. The van der Waals surface area contributed by atoms with E-state index >= 15 is 0 Å². The van der Waals surface area contributed by atoms with E-state index in [0.29, 0.717) is 12.3 Å². The van der Waals surface area contributed by atoms with Gasteiger partial charge in [0.25, 0.3) is 5.56 Å². The van der Waals surface area contributed by atoms with Crippen LogP contribution in [-0.4, -0.2) is 40.6 Å². The summed E-state index contributed by atoms with van der Waals surface area (Å²) in [5.41, 5.74) is 4.77. The first kappa shape index (κ1) is 21.6. The van der Waals surface area contributed by atoms with Crippen LogP contribution in [0.5, 0.6) is 0 Å². The topological polar surface area (TPSA) is 96.3 Å². The molecule has 0 radical (unpaired) electrons. The number of hydrogen-bond donors (Lipinski definition) is 2. The lowest BCUT2D eigenvalue weighted by Gasteiger charge is -2.37. The average Bonchev–Trinajstić information content (AvgIpc) is 2.61. The second-order valence-electron chi connectivity index (χ2n) is 8.51. The van der Waals surface area contributed by atoms with Crippen LogP contribution in [0.25, 0.3) is 0 Å². The highest BCUT2D eigenvalue weighted by Gasteiger charge is 2.32. The largest absolute Gasteiger partial charge is 0.384 e. The first-order chi connectivity index (χ1) is 12.5. The van der Waals surface area contributed by atoms with Crippen molar-refractivity contribution in [2.24, 2.45) is 11.3 Å². The van der Waals surface area contributed by atoms with Crippen molar-refractivity contribution in [3.8, 4) is 0 Å². The van der Waals surface area contributed by atoms with Gasteiger partial charge in [0.1, 0.15) is 5.82 Å². The number of anilines is 1. The molecule has 1 aromatic heterocycles. The van der Waals surface area contributed by atoms with Crippen LogP contribution in [0.3, 0.4) is 0 Å². The molecule has 1 atom stereocenters. The molecule has 150 valence electrons. The number of carbonyl (C=O) groups excluding carboxylic acids is 2. The van der Waals surface area contributed by atoms with Crippen LogP contribution in [-0.2, 0) is 4.79 Å². The second kappa shape index (κ2) is 8.57. The Hall–Kier alpha value is -1.66. The standard InChI is InChI=1S/C20H30ClN3O3/c1-12(17(26)20(2,3)4)24-9-7-13(8-10-24)5-6-16(25)14-11-15(21)18(22)23-19(14)27/h11-13H,5-10H2,1-4H3,(H3,22,23,27). The zero-order valence-electron chi connectivity index (χ0n) is 16.6. The lowest BCUT2D eigenvalue weighted by molar-refractivity contribution is -0.131. The van der Waals surface area contributed by atoms with Crippen molar-refractivity contribution < 1.29 is 9.59 Å². The summed E-state index contributed by atoms with van der Waals surface area (Å²) < 4.78 is 0. The molecular weight excluding hydrogens is 366 g/mol. The van der Waals surface area contributed by atoms with Crippen molar-refractivity contribution in [3.63, 3.8) is 0 Å². The second-order valence-corrected chi connectivity index (χ2v) is 8.91. The first-order valence-electron chi connectivity index (χ1n) is 9.50. The van der Waals surface area contributed by atoms with E-state index in [-0.39, 0.29) is 39.4 Å². The maximum Gasteiger partial charge on any atom is 0.260 e. The Labute approximate surface area is 165 Å². The molecule has 0 bridgehead atoms. The molecule has 7 heteroatoms. The molecule has 0 aromatic carbocycles. The van der Waals surface area contributed by atoms with Gasteiger partial charge in [-0.05, 0) is 51.3 Å². The van der Waals surface area contributed by atoms with Gasteiger partial charge in [-0.2, -0.15) is 0 Å². The Morgan fingerprint density at radius 3 is 2.48 bits per heavy atom. The zero-order chi connectivity index (χ0) is 20.4. The predicted molar refractivity (Wildman–Crippen MR) is 108 cm³/mol. The average molecular weight is 396 g/mol. The third-order valence-electron chi connectivity index (χ3n) is 5.42. The highest BCUT2D eigenvalue weighted by atomic mass is 35.5. The number of piperidine rings is 1. The van der Waals surface area contributed by atoms with Gasteiger partial charge >= 0.3 is 0 Å². The molecule has 1 unspecified atom stereocenters. The van der Waals surface area contributed by atoms with E-state index in [4.69, 9.17) is 17.3 Å². The molecule has 27 heavy (non-hydrogen) atoms. The molecule has 1 aromatic rings. The van der Waals surface area contributed by atoms with Gasteiger partial charge in [-0.3, -0.25) is 19.3 Å². The fourth-order valence-corrected chi connectivity index (χ4v) is 3.77. The monoisotopic (exact) mass is 395 g/mol. The number of nitrogens with one attached hydrogen (secondary N) is 1. The fourth-order valence-electron chi connectivity index (χ4n) is 3.62. The van der Waals surface area contributed by atoms with Crippen LogP contribution in [0.15, 0.2) is 10.9 Å². The number of aromatic nitrogens is 1. The number of nitrogen functional groups attached to an aromatic ring is 1. The van der Waals surface area contributed by atoms with Crippen molar-refractivity contribution in [2.45, 2.75) is 59.4 Å². The highest BCUT2D eigenvalue weighted by Crippen LogP contribution is 2.27. The minimum Gasteiger partial charge on any atom is -0.384 e. The number of Topliss-reactive ketones (excluding diaryl/α,β-unsaturated/α-hetero) is 2. The smallest absolute Gasteiger partial charge is 0.260 e. The first-order valence-corrected chi connectivity index (χ1v) is 9.88. The molecule has 0 saturated carbocycles. The van der Waals surface area contributed by atoms with Gasteiger partial charge < -0.3 is 10.7 Å². The fraction of sp³-hybridized carbons (Fsp3) is 0.650. The van der Waals surface area contributed by atoms with E-state index in [9.17, 15) is 14.4 Å². The van der Waals surface area contributed by atoms with Gasteiger partial charge in [0.15, 0.2) is 11.6 Å². The maximum atomic E-state index is 12.5. The summed E-state index contributed by atoms with van der Waals surface area (Å²) in [6.45, 7) is 9.56. The van der Waals surface area contributed by atoms with Crippen LogP contribution in [0.2, 0.25) is 5.02 Å². The number of likely N-dealkylation sites (tertiary alicyclic amines) is 1. The van der Waals surface area contributed by atoms with E-state index in [0.717, 1.165) is 32.4 Å². The Morgan fingerprint density at radius 2 is 1.93 bits per heavy atom. The Bertz CT molecular complexity index is 759. The summed E-state index contributed by atoms with van der Waals surface area (Å²) in [6, 6.07) is 1.27. The summed E-state index contributed by atoms with van der Waals surface area (Å²) in [7, 11) is 0. The summed E-state index contributed by atoms with van der Waals surface area (Å²) >= 11 is 5.90. The third kappa shape index (κ3) is 5.42. The number of nitrogens with zero attached hydrogens (tertiary/aromatic N) is 1. The summed E-state index contributed by atoms with van der Waals surface area (Å²) in [5.74, 6) is 0.544. The van der Waals surface area contributed by atoms with Gasteiger partial charge in [-0.1, -0.05) is 32.4 Å². The molecule has 1 fully saturated rings. The van der Waals surface area contributed by atoms with E-state index in [2.05, 4.69) is 9.88 Å². The normalized spacial score (nSPS) is 17.7. The number of H-pyrrole nitrogens is 1. The molecular formula is C20H30ClN3O3. The van der Waals surface area contributed by atoms with Crippen molar-refractivity contribution in [1.29, 1.82) is 0 Å². The van der Waals surface area contributed by atoms with Crippen LogP contribution >= 0.6 is 11.6 Å². The number of halogens is 1. The molecule has 2 heterocycles. The maximum absolute atomic E-state index is 12.5. The van der Waals surface area contributed by atoms with Crippen molar-refractivity contribution in [2.75, 3.05) is 18.8 Å². The van der Waals surface area contributed by atoms with Gasteiger partial charge in [-0.25, -0.2) is 0 Å². The quantitative estimate of drug-likeness (QED) is 0.720. The molecule has 0 amide bonds. The van der Waals surface area contributed by atoms with E-state index in [1.165, 1.54) is 6.07 Å². The van der Waals surface area contributed by atoms with Gasteiger partial charge in [0, 0.05) is 11.8 Å². The summed E-state index contributed by atoms with van der Waals surface area (Å²) in [5, 5.41) is 0.184. The predicted octanol–water partition coefficient (Wildman–Crippen LogP) is 3.29. The van der Waals surface area contributed by atoms with Crippen molar-refractivity contribution >= 4 is 29.0 Å². The summed E-state index contributed by atoms with van der Waals surface area (Å²) in [4.78, 5) is 41.4. The minimum absolute atomic E-state index is 0.0658. The molecule has 0 aliphatic carbocycles. The molecule has 3 N–H and O–H groups in total. The summed E-state index contributed by atoms with van der Waals surface area (Å²) in [6.07, 6.45) is 2.95. The number of pyridine rings is 1. The SMILES string of the molecule is CC(C(=O)C(C)(C)C)N1CCC(CCC(=O)c2cc(Cl)c(N)[nH]c2=O)CC1. The molecule has 2 rings (SSSR count). The highest BCUT2D eigenvalue weighted by molar-refractivity contribution is 6.33. The van der Waals surface area contributed by atoms with E-state index in [1.54, 1.807) is 0 Å². The number of hydrogen-bond acceptors (Lipinski definition) is 5. The van der Waals surface area contributed by atoms with E-state index in [1.807, 2.05) is 27.7 Å². The number of rotatable bonds is 6. The number of carbonyl (C=O) groups is 2. The number of ketones is 2. The van der Waals surface area contributed by atoms with Gasteiger partial charge in [0.05, 0.1) is 16.6 Å². The van der Waals surface area contributed by atoms with E-state index < -0.39 is 5.56 Å². The van der Waals surface area contributed by atoms with Crippen molar-refractivity contribution in [3.05, 3.63) is 27.0 Å². The van der Waals surface area contributed by atoms with Crippen LogP contribution in [0, 0.1) is 11.3 Å². The molecule has 1 aliphatic heterocycles. The molecule has 6 nitrogen and oxygen atoms in total. The van der Waals surface area contributed by atoms with Crippen LogP contribution < -0.4 is 11.3 Å². The Kier molecular flexibility index (Phi) is 6.87. The van der Waals surface area contributed by atoms with Gasteiger partial charge in [0.2, 0.25) is 0 Å². The Balaban J connectivity index is 1.86. The Morgan fingerprint density at radius 1 is 1.33 bits per heavy atom. The zero-order valence-corrected chi connectivity index (χ0v) is 17.4. The van der Waals surface area contributed by atoms with Gasteiger partial charge in [-0.15, -0.1) is 0 Å². The van der Waals surface area contributed by atoms with Crippen LogP contribution in [0.4, 0.5) is 5.82 Å². The number of nitrogens with two attached hydrogens (primary N) is 1. The number of aromatic amines is 1.